The van der Waals surface area contributed by atoms with E-state index in [4.69, 9.17) is 0 Å². The molecule has 0 amide bonds. The largest absolute Gasteiger partial charge is 0.392 e. The van der Waals surface area contributed by atoms with Gasteiger partial charge in [-0.05, 0) is 58.5 Å². The minimum Gasteiger partial charge on any atom is -0.392 e. The van der Waals surface area contributed by atoms with Gasteiger partial charge in [0.15, 0.2) is 0 Å². The van der Waals surface area contributed by atoms with Crippen LogP contribution in [0.1, 0.15) is 39.5 Å². The van der Waals surface area contributed by atoms with Gasteiger partial charge in [0.1, 0.15) is 0 Å². The molecule has 1 aliphatic carbocycles. The van der Waals surface area contributed by atoms with Crippen molar-refractivity contribution in [3.63, 3.8) is 0 Å². The quantitative estimate of drug-likeness (QED) is 0.756. The van der Waals surface area contributed by atoms with Crippen LogP contribution in [-0.4, -0.2) is 47.8 Å². The normalized spacial score (nSPS) is 36.4. The molecule has 2 rings (SSSR count). The molecule has 1 saturated carbocycles. The van der Waals surface area contributed by atoms with Crippen LogP contribution in [0.25, 0.3) is 0 Å². The molecule has 3 heteroatoms. The first kappa shape index (κ1) is 12.3. The zero-order valence-corrected chi connectivity index (χ0v) is 10.7. The highest BCUT2D eigenvalue weighted by Crippen LogP contribution is 2.21. The van der Waals surface area contributed by atoms with E-state index in [1.807, 2.05) is 0 Å². The molecule has 0 aromatic rings. The highest BCUT2D eigenvalue weighted by molar-refractivity contribution is 4.85. The van der Waals surface area contributed by atoms with Gasteiger partial charge in [-0.2, -0.15) is 0 Å². The lowest BCUT2D eigenvalue weighted by Crippen LogP contribution is -2.39. The molecule has 0 spiro atoms. The average Bonchev–Trinajstić information content (AvgIpc) is 2.83. The summed E-state index contributed by atoms with van der Waals surface area (Å²) in [5, 5.41) is 13.3. The topological polar surface area (TPSA) is 35.5 Å². The van der Waals surface area contributed by atoms with Gasteiger partial charge in [-0.3, -0.25) is 0 Å². The molecular formula is C13H26N2O. The van der Waals surface area contributed by atoms with Crippen LogP contribution >= 0.6 is 0 Å². The molecule has 1 saturated heterocycles. The van der Waals surface area contributed by atoms with Crippen molar-refractivity contribution in [1.82, 2.24) is 10.2 Å². The fourth-order valence-electron chi connectivity index (χ4n) is 2.99. The van der Waals surface area contributed by atoms with Crippen LogP contribution in [0.4, 0.5) is 0 Å². The summed E-state index contributed by atoms with van der Waals surface area (Å²) >= 11 is 0. The minimum absolute atomic E-state index is 0.0948. The van der Waals surface area contributed by atoms with Gasteiger partial charge in [0.2, 0.25) is 0 Å². The van der Waals surface area contributed by atoms with E-state index in [0.29, 0.717) is 12.1 Å². The van der Waals surface area contributed by atoms with Crippen LogP contribution in [0.3, 0.4) is 0 Å². The molecule has 0 aromatic heterocycles. The SMILES string of the molecule is CC(C)N1CCC(CNC2CCCC2O)C1. The summed E-state index contributed by atoms with van der Waals surface area (Å²) in [6.45, 7) is 8.11. The van der Waals surface area contributed by atoms with Crippen molar-refractivity contribution in [1.29, 1.82) is 0 Å². The van der Waals surface area contributed by atoms with Gasteiger partial charge < -0.3 is 15.3 Å². The van der Waals surface area contributed by atoms with Crippen LogP contribution in [0, 0.1) is 5.92 Å². The first-order chi connectivity index (χ1) is 7.66. The molecule has 2 aliphatic rings. The van der Waals surface area contributed by atoms with Gasteiger partial charge >= 0.3 is 0 Å². The molecule has 0 bridgehead atoms. The number of rotatable bonds is 4. The monoisotopic (exact) mass is 226 g/mol. The lowest BCUT2D eigenvalue weighted by atomic mass is 10.1. The zero-order valence-electron chi connectivity index (χ0n) is 10.7. The van der Waals surface area contributed by atoms with Crippen LogP contribution < -0.4 is 5.32 Å². The summed E-state index contributed by atoms with van der Waals surface area (Å²) in [6, 6.07) is 1.05. The Bertz CT molecular complexity index is 220. The summed E-state index contributed by atoms with van der Waals surface area (Å²) in [7, 11) is 0. The predicted molar refractivity (Wildman–Crippen MR) is 66.5 cm³/mol. The molecule has 16 heavy (non-hydrogen) atoms. The average molecular weight is 226 g/mol. The number of aliphatic hydroxyl groups is 1. The van der Waals surface area contributed by atoms with E-state index >= 15 is 0 Å². The summed E-state index contributed by atoms with van der Waals surface area (Å²) < 4.78 is 0. The Kier molecular flexibility index (Phi) is 4.22. The van der Waals surface area contributed by atoms with E-state index in [2.05, 4.69) is 24.1 Å². The Balaban J connectivity index is 1.67. The standard InChI is InChI=1S/C13H26N2O/c1-10(2)15-7-6-11(9-15)8-14-12-4-3-5-13(12)16/h10-14,16H,3-9H2,1-2H3. The number of hydrogen-bond donors (Lipinski definition) is 2. The van der Waals surface area contributed by atoms with Crippen molar-refractivity contribution < 1.29 is 5.11 Å². The van der Waals surface area contributed by atoms with Gasteiger partial charge in [0.05, 0.1) is 6.10 Å². The van der Waals surface area contributed by atoms with E-state index in [1.165, 1.54) is 25.9 Å². The Morgan fingerprint density at radius 2 is 2.12 bits per heavy atom. The predicted octanol–water partition coefficient (Wildman–Crippen LogP) is 1.22. The van der Waals surface area contributed by atoms with Crippen molar-refractivity contribution in [2.75, 3.05) is 19.6 Å². The summed E-state index contributed by atoms with van der Waals surface area (Å²) in [4.78, 5) is 2.55. The van der Waals surface area contributed by atoms with Gasteiger partial charge in [-0.1, -0.05) is 0 Å². The first-order valence-electron chi connectivity index (χ1n) is 6.82. The molecule has 2 N–H and O–H groups in total. The fourth-order valence-corrected chi connectivity index (χ4v) is 2.99. The maximum atomic E-state index is 9.73. The van der Waals surface area contributed by atoms with Crippen molar-refractivity contribution in [3.05, 3.63) is 0 Å². The summed E-state index contributed by atoms with van der Waals surface area (Å²) in [5.41, 5.74) is 0. The van der Waals surface area contributed by atoms with E-state index < -0.39 is 0 Å². The second-order valence-corrected chi connectivity index (χ2v) is 5.76. The number of hydrogen-bond acceptors (Lipinski definition) is 3. The maximum absolute atomic E-state index is 9.73. The molecule has 3 unspecified atom stereocenters. The van der Waals surface area contributed by atoms with Crippen LogP contribution in [-0.2, 0) is 0 Å². The van der Waals surface area contributed by atoms with Gasteiger partial charge in [-0.25, -0.2) is 0 Å². The lowest BCUT2D eigenvalue weighted by Gasteiger charge is -2.22. The Morgan fingerprint density at radius 3 is 2.69 bits per heavy atom. The Labute approximate surface area is 99.2 Å². The van der Waals surface area contributed by atoms with Crippen LogP contribution in [0.5, 0.6) is 0 Å². The second-order valence-electron chi connectivity index (χ2n) is 5.76. The number of nitrogens with zero attached hydrogens (tertiary/aromatic N) is 1. The molecule has 3 atom stereocenters. The van der Waals surface area contributed by atoms with Crippen LogP contribution in [0.15, 0.2) is 0 Å². The number of nitrogens with one attached hydrogen (secondary N) is 1. The van der Waals surface area contributed by atoms with Gasteiger partial charge in [-0.15, -0.1) is 0 Å². The summed E-state index contributed by atoms with van der Waals surface area (Å²) in [5.74, 6) is 0.787. The third kappa shape index (κ3) is 2.96. The van der Waals surface area contributed by atoms with Gasteiger partial charge in [0, 0.05) is 18.6 Å². The third-order valence-electron chi connectivity index (χ3n) is 4.20. The lowest BCUT2D eigenvalue weighted by molar-refractivity contribution is 0.146. The third-order valence-corrected chi connectivity index (χ3v) is 4.20. The number of likely N-dealkylation sites (tertiary alicyclic amines) is 1. The minimum atomic E-state index is -0.0948. The molecule has 3 nitrogen and oxygen atoms in total. The Hall–Kier alpha value is -0.120. The molecule has 2 fully saturated rings. The second kappa shape index (κ2) is 5.48. The van der Waals surface area contributed by atoms with Crippen molar-refractivity contribution in [2.45, 2.75) is 57.7 Å². The zero-order chi connectivity index (χ0) is 11.5. The highest BCUT2D eigenvalue weighted by Gasteiger charge is 2.28. The van der Waals surface area contributed by atoms with Gasteiger partial charge in [0.25, 0.3) is 0 Å². The molecule has 1 aliphatic heterocycles. The molecular weight excluding hydrogens is 200 g/mol. The molecule has 1 heterocycles. The van der Waals surface area contributed by atoms with Crippen molar-refractivity contribution >= 4 is 0 Å². The molecule has 0 radical (unpaired) electrons. The van der Waals surface area contributed by atoms with Crippen molar-refractivity contribution in [2.24, 2.45) is 5.92 Å². The highest BCUT2D eigenvalue weighted by atomic mass is 16.3. The maximum Gasteiger partial charge on any atom is 0.0693 e. The Morgan fingerprint density at radius 1 is 1.31 bits per heavy atom. The van der Waals surface area contributed by atoms with Crippen LogP contribution in [0.2, 0.25) is 0 Å². The first-order valence-corrected chi connectivity index (χ1v) is 6.82. The smallest absolute Gasteiger partial charge is 0.0693 e. The fraction of sp³-hybridized carbons (Fsp3) is 1.00. The molecule has 94 valence electrons. The van der Waals surface area contributed by atoms with E-state index in [-0.39, 0.29) is 6.10 Å². The van der Waals surface area contributed by atoms with E-state index in [9.17, 15) is 5.11 Å². The van der Waals surface area contributed by atoms with E-state index in [0.717, 1.165) is 25.3 Å². The number of aliphatic hydroxyl groups excluding tert-OH is 1. The molecule has 0 aromatic carbocycles. The summed E-state index contributed by atoms with van der Waals surface area (Å²) in [6.07, 6.45) is 4.54. The van der Waals surface area contributed by atoms with Crippen molar-refractivity contribution in [3.8, 4) is 0 Å². The van der Waals surface area contributed by atoms with E-state index in [1.54, 1.807) is 0 Å².